The van der Waals surface area contributed by atoms with Crippen LogP contribution in [0.25, 0.3) is 0 Å². The van der Waals surface area contributed by atoms with Crippen molar-refractivity contribution in [3.63, 3.8) is 0 Å². The second-order valence-corrected chi connectivity index (χ2v) is 3.45. The summed E-state index contributed by atoms with van der Waals surface area (Å²) in [5.41, 5.74) is 10.2. The summed E-state index contributed by atoms with van der Waals surface area (Å²) in [6, 6.07) is 6.74. The van der Waals surface area contributed by atoms with Gasteiger partial charge in [-0.05, 0) is 37.1 Å². The van der Waals surface area contributed by atoms with Gasteiger partial charge in [-0.1, -0.05) is 13.8 Å². The van der Waals surface area contributed by atoms with E-state index >= 15 is 0 Å². The number of amides is 1. The lowest BCUT2D eigenvalue weighted by Crippen LogP contribution is -2.19. The van der Waals surface area contributed by atoms with Crippen molar-refractivity contribution in [3.8, 4) is 0 Å². The Balaban J connectivity index is 2.66. The van der Waals surface area contributed by atoms with Crippen LogP contribution in [0.3, 0.4) is 0 Å². The molecule has 4 nitrogen and oxygen atoms in total. The van der Waals surface area contributed by atoms with Crippen LogP contribution in [0.5, 0.6) is 0 Å². The molecule has 1 rings (SSSR count). The van der Waals surface area contributed by atoms with Crippen molar-refractivity contribution < 1.29 is 4.79 Å². The van der Waals surface area contributed by atoms with Gasteiger partial charge in [-0.25, -0.2) is 5.43 Å². The summed E-state index contributed by atoms with van der Waals surface area (Å²) in [6.07, 6.45) is 1.69. The summed E-state index contributed by atoms with van der Waals surface area (Å²) in [6.45, 7) is 4.02. The molecule has 0 unspecified atom stereocenters. The molecule has 0 aliphatic heterocycles. The van der Waals surface area contributed by atoms with Gasteiger partial charge in [0.05, 0.1) is 0 Å². The molecule has 1 aromatic carbocycles. The van der Waals surface area contributed by atoms with Crippen LogP contribution in [0.15, 0.2) is 29.4 Å². The number of hydrazone groups is 1. The van der Waals surface area contributed by atoms with Gasteiger partial charge in [0, 0.05) is 17.0 Å². The first-order valence-corrected chi connectivity index (χ1v) is 5.38. The Morgan fingerprint density at radius 1 is 1.25 bits per heavy atom. The molecule has 0 fully saturated rings. The number of hydrogen-bond donors (Lipinski definition) is 2. The lowest BCUT2D eigenvalue weighted by molar-refractivity contribution is 0.0954. The zero-order chi connectivity index (χ0) is 12.0. The van der Waals surface area contributed by atoms with E-state index in [1.807, 2.05) is 13.8 Å². The Kier molecular flexibility index (Phi) is 4.51. The van der Waals surface area contributed by atoms with E-state index < -0.39 is 0 Å². The fourth-order valence-corrected chi connectivity index (χ4v) is 1.24. The summed E-state index contributed by atoms with van der Waals surface area (Å²) in [5.74, 6) is -0.209. The van der Waals surface area contributed by atoms with E-state index in [2.05, 4.69) is 10.5 Å². The number of rotatable bonds is 4. The number of anilines is 1. The highest BCUT2D eigenvalue weighted by atomic mass is 16.2. The molecular weight excluding hydrogens is 202 g/mol. The van der Waals surface area contributed by atoms with Crippen LogP contribution in [-0.4, -0.2) is 11.6 Å². The molecule has 86 valence electrons. The van der Waals surface area contributed by atoms with Crippen LogP contribution >= 0.6 is 0 Å². The Bertz CT molecular complexity index is 376. The molecule has 0 atom stereocenters. The molecular formula is C12H17N3O. The molecule has 1 aromatic rings. The predicted octanol–water partition coefficient (Wildman–Crippen LogP) is 2.17. The van der Waals surface area contributed by atoms with Gasteiger partial charge in [-0.2, -0.15) is 5.10 Å². The van der Waals surface area contributed by atoms with Crippen molar-refractivity contribution in [1.82, 2.24) is 5.43 Å². The molecule has 0 saturated carbocycles. The number of nitrogens with one attached hydrogen (secondary N) is 1. The summed E-state index contributed by atoms with van der Waals surface area (Å²) >= 11 is 0. The van der Waals surface area contributed by atoms with Gasteiger partial charge in [0.2, 0.25) is 0 Å². The molecule has 0 spiro atoms. The predicted molar refractivity (Wildman–Crippen MR) is 66.3 cm³/mol. The molecule has 0 aliphatic carbocycles. The summed E-state index contributed by atoms with van der Waals surface area (Å²) < 4.78 is 0. The number of carbonyl (C=O) groups excluding carboxylic acids is 1. The van der Waals surface area contributed by atoms with E-state index in [0.29, 0.717) is 11.3 Å². The highest BCUT2D eigenvalue weighted by Gasteiger charge is 2.03. The third kappa shape index (κ3) is 3.38. The van der Waals surface area contributed by atoms with E-state index in [1.165, 1.54) is 0 Å². The number of nitrogens with zero attached hydrogens (tertiary/aromatic N) is 1. The van der Waals surface area contributed by atoms with Gasteiger partial charge in [0.1, 0.15) is 0 Å². The van der Waals surface area contributed by atoms with E-state index in [0.717, 1.165) is 18.6 Å². The highest BCUT2D eigenvalue weighted by molar-refractivity contribution is 5.95. The number of carbonyl (C=O) groups is 1. The number of nitrogens with two attached hydrogens (primary N) is 1. The molecule has 0 radical (unpaired) electrons. The van der Waals surface area contributed by atoms with E-state index in [4.69, 9.17) is 5.73 Å². The van der Waals surface area contributed by atoms with Gasteiger partial charge in [-0.15, -0.1) is 0 Å². The van der Waals surface area contributed by atoms with Crippen LogP contribution in [0.2, 0.25) is 0 Å². The maximum Gasteiger partial charge on any atom is 0.271 e. The molecule has 16 heavy (non-hydrogen) atoms. The minimum absolute atomic E-state index is 0.209. The van der Waals surface area contributed by atoms with Crippen LogP contribution in [0, 0.1) is 0 Å². The minimum atomic E-state index is -0.209. The topological polar surface area (TPSA) is 67.5 Å². The molecule has 0 aliphatic rings. The summed E-state index contributed by atoms with van der Waals surface area (Å²) in [7, 11) is 0. The maximum absolute atomic E-state index is 11.6. The Hall–Kier alpha value is -1.84. The summed E-state index contributed by atoms with van der Waals surface area (Å²) in [5, 5.41) is 4.05. The van der Waals surface area contributed by atoms with E-state index in [9.17, 15) is 4.79 Å². The van der Waals surface area contributed by atoms with Crippen molar-refractivity contribution in [2.75, 3.05) is 5.73 Å². The minimum Gasteiger partial charge on any atom is -0.399 e. The average Bonchev–Trinajstić information content (AvgIpc) is 2.31. The van der Waals surface area contributed by atoms with Crippen molar-refractivity contribution in [3.05, 3.63) is 29.8 Å². The average molecular weight is 219 g/mol. The monoisotopic (exact) mass is 219 g/mol. The lowest BCUT2D eigenvalue weighted by Gasteiger charge is -2.02. The summed E-state index contributed by atoms with van der Waals surface area (Å²) in [4.78, 5) is 11.6. The first-order chi connectivity index (χ1) is 7.67. The largest absolute Gasteiger partial charge is 0.399 e. The highest BCUT2D eigenvalue weighted by Crippen LogP contribution is 2.05. The van der Waals surface area contributed by atoms with Crippen molar-refractivity contribution in [2.45, 2.75) is 26.7 Å². The van der Waals surface area contributed by atoms with Crippen LogP contribution < -0.4 is 11.2 Å². The lowest BCUT2D eigenvalue weighted by atomic mass is 10.2. The first kappa shape index (κ1) is 12.2. The molecule has 0 aromatic heterocycles. The zero-order valence-electron chi connectivity index (χ0n) is 9.66. The van der Waals surface area contributed by atoms with Gasteiger partial charge in [0.15, 0.2) is 0 Å². The zero-order valence-corrected chi connectivity index (χ0v) is 9.66. The molecule has 0 heterocycles. The number of nitrogen functional groups attached to an aromatic ring is 1. The molecule has 0 saturated heterocycles. The van der Waals surface area contributed by atoms with Crippen LogP contribution in [0.1, 0.15) is 37.0 Å². The first-order valence-electron chi connectivity index (χ1n) is 5.38. The standard InChI is InChI=1S/C12H17N3O/c1-3-11(4-2)14-15-12(16)9-5-7-10(13)8-6-9/h5-8H,3-4,13H2,1-2H3,(H,15,16). The third-order valence-corrected chi connectivity index (χ3v) is 2.30. The fourth-order valence-electron chi connectivity index (χ4n) is 1.24. The van der Waals surface area contributed by atoms with Gasteiger partial charge in [-0.3, -0.25) is 4.79 Å². The second-order valence-electron chi connectivity index (χ2n) is 3.45. The number of hydrogen-bond acceptors (Lipinski definition) is 3. The Morgan fingerprint density at radius 3 is 2.31 bits per heavy atom. The number of benzene rings is 1. The second kappa shape index (κ2) is 5.90. The normalized spacial score (nSPS) is 9.62. The van der Waals surface area contributed by atoms with E-state index in [1.54, 1.807) is 24.3 Å². The Morgan fingerprint density at radius 2 is 1.81 bits per heavy atom. The SMILES string of the molecule is CCC(CC)=NNC(=O)c1ccc(N)cc1. The Labute approximate surface area is 95.5 Å². The van der Waals surface area contributed by atoms with Gasteiger partial charge >= 0.3 is 0 Å². The van der Waals surface area contributed by atoms with Crippen molar-refractivity contribution in [1.29, 1.82) is 0 Å². The molecule has 4 heteroatoms. The van der Waals surface area contributed by atoms with E-state index in [-0.39, 0.29) is 5.91 Å². The van der Waals surface area contributed by atoms with Crippen molar-refractivity contribution in [2.24, 2.45) is 5.10 Å². The van der Waals surface area contributed by atoms with Gasteiger partial charge in [0.25, 0.3) is 5.91 Å². The van der Waals surface area contributed by atoms with Gasteiger partial charge < -0.3 is 5.73 Å². The maximum atomic E-state index is 11.6. The molecule has 0 bridgehead atoms. The molecule has 1 amide bonds. The molecule has 3 N–H and O–H groups in total. The van der Waals surface area contributed by atoms with Crippen LogP contribution in [-0.2, 0) is 0 Å². The third-order valence-electron chi connectivity index (χ3n) is 2.30. The van der Waals surface area contributed by atoms with Crippen molar-refractivity contribution >= 4 is 17.3 Å². The quantitative estimate of drug-likeness (QED) is 0.463. The smallest absolute Gasteiger partial charge is 0.271 e. The van der Waals surface area contributed by atoms with Crippen LogP contribution in [0.4, 0.5) is 5.69 Å². The fraction of sp³-hybridized carbons (Fsp3) is 0.333.